The molecule has 0 saturated heterocycles. The van der Waals surface area contributed by atoms with E-state index in [4.69, 9.17) is 5.73 Å². The fourth-order valence-corrected chi connectivity index (χ4v) is 1.74. The van der Waals surface area contributed by atoms with Crippen molar-refractivity contribution in [2.24, 2.45) is 5.73 Å². The number of hydrogen-bond donors (Lipinski definition) is 1. The van der Waals surface area contributed by atoms with Crippen LogP contribution in [0.1, 0.15) is 32.3 Å². The van der Waals surface area contributed by atoms with Crippen molar-refractivity contribution in [3.63, 3.8) is 0 Å². The van der Waals surface area contributed by atoms with Crippen LogP contribution < -0.4 is 10.6 Å². The Morgan fingerprint density at radius 2 is 1.88 bits per heavy atom. The summed E-state index contributed by atoms with van der Waals surface area (Å²) in [4.78, 5) is 13.6. The number of carbonyl (C=O) groups is 1. The summed E-state index contributed by atoms with van der Waals surface area (Å²) in [6.07, 6.45) is 3.09. The highest BCUT2D eigenvalue weighted by Crippen LogP contribution is 2.16. The third kappa shape index (κ3) is 3.86. The Balaban J connectivity index is 2.83. The van der Waals surface area contributed by atoms with E-state index in [0.29, 0.717) is 0 Å². The maximum atomic E-state index is 11.8. The van der Waals surface area contributed by atoms with Gasteiger partial charge in [0.25, 0.3) is 0 Å². The Bertz CT molecular complexity index is 346. The van der Waals surface area contributed by atoms with E-state index in [1.165, 1.54) is 5.56 Å². The molecular formula is C14H22N2O. The summed E-state index contributed by atoms with van der Waals surface area (Å²) in [5, 5.41) is 0. The van der Waals surface area contributed by atoms with Gasteiger partial charge in [-0.3, -0.25) is 4.79 Å². The minimum Gasteiger partial charge on any atom is -0.322 e. The zero-order chi connectivity index (χ0) is 12.7. The Labute approximate surface area is 104 Å². The molecule has 94 valence electrons. The first kappa shape index (κ1) is 13.7. The fraction of sp³-hybridized carbons (Fsp3) is 0.500. The highest BCUT2D eigenvalue weighted by molar-refractivity contribution is 5.94. The number of anilines is 1. The lowest BCUT2D eigenvalue weighted by molar-refractivity contribution is -0.117. The fourth-order valence-electron chi connectivity index (χ4n) is 1.74. The molecule has 0 aliphatic heterocycles. The van der Waals surface area contributed by atoms with Crippen molar-refractivity contribution in [1.82, 2.24) is 0 Å². The molecule has 1 rings (SSSR count). The molecule has 2 N–H and O–H groups in total. The van der Waals surface area contributed by atoms with E-state index >= 15 is 0 Å². The molecule has 0 fully saturated rings. The molecule has 1 aromatic rings. The molecular weight excluding hydrogens is 212 g/mol. The van der Waals surface area contributed by atoms with Gasteiger partial charge in [0.2, 0.25) is 5.91 Å². The quantitative estimate of drug-likeness (QED) is 0.821. The molecule has 0 spiro atoms. The number of hydrogen-bond acceptors (Lipinski definition) is 2. The van der Waals surface area contributed by atoms with Gasteiger partial charge in [-0.1, -0.05) is 32.4 Å². The predicted octanol–water partition coefficient (Wildman–Crippen LogP) is 2.34. The van der Waals surface area contributed by atoms with Gasteiger partial charge in [-0.05, 0) is 30.5 Å². The normalized spacial score (nSPS) is 10.3. The average molecular weight is 234 g/mol. The maximum absolute atomic E-state index is 11.8. The van der Waals surface area contributed by atoms with Crippen LogP contribution in [0.15, 0.2) is 24.3 Å². The van der Waals surface area contributed by atoms with Gasteiger partial charge in [0.1, 0.15) is 0 Å². The molecule has 17 heavy (non-hydrogen) atoms. The van der Waals surface area contributed by atoms with Crippen LogP contribution in [0.5, 0.6) is 0 Å². The summed E-state index contributed by atoms with van der Waals surface area (Å²) < 4.78 is 0. The van der Waals surface area contributed by atoms with Gasteiger partial charge in [0.05, 0.1) is 6.54 Å². The van der Waals surface area contributed by atoms with Gasteiger partial charge in [0.15, 0.2) is 0 Å². The molecule has 1 amide bonds. The average Bonchev–Trinajstić information content (AvgIpc) is 2.39. The molecule has 0 aliphatic rings. The minimum atomic E-state index is -0.0114. The lowest BCUT2D eigenvalue weighted by atomic mass is 10.1. The van der Waals surface area contributed by atoms with E-state index in [0.717, 1.165) is 31.5 Å². The van der Waals surface area contributed by atoms with Crippen LogP contribution in [-0.2, 0) is 11.2 Å². The summed E-state index contributed by atoms with van der Waals surface area (Å²) in [5.74, 6) is -0.0114. The van der Waals surface area contributed by atoms with Crippen molar-refractivity contribution >= 4 is 11.6 Å². The standard InChI is InChI=1S/C14H22N2O/c1-3-5-10-16(14(17)11-15)13-8-6-12(4-2)7-9-13/h6-9H,3-5,10-11,15H2,1-2H3. The number of rotatable bonds is 6. The molecule has 3 nitrogen and oxygen atoms in total. The van der Waals surface area contributed by atoms with Crippen LogP contribution >= 0.6 is 0 Å². The van der Waals surface area contributed by atoms with E-state index in [1.54, 1.807) is 4.90 Å². The third-order valence-corrected chi connectivity index (χ3v) is 2.87. The van der Waals surface area contributed by atoms with Crippen molar-refractivity contribution < 1.29 is 4.79 Å². The molecule has 0 unspecified atom stereocenters. The number of amides is 1. The smallest absolute Gasteiger partial charge is 0.240 e. The number of benzene rings is 1. The summed E-state index contributed by atoms with van der Waals surface area (Å²) in [7, 11) is 0. The first-order valence-corrected chi connectivity index (χ1v) is 6.32. The van der Waals surface area contributed by atoms with E-state index in [9.17, 15) is 4.79 Å². The second kappa shape index (κ2) is 7.07. The van der Waals surface area contributed by atoms with Gasteiger partial charge in [-0.25, -0.2) is 0 Å². The van der Waals surface area contributed by atoms with E-state index < -0.39 is 0 Å². The van der Waals surface area contributed by atoms with E-state index in [1.807, 2.05) is 12.1 Å². The molecule has 3 heteroatoms. The number of nitrogens with zero attached hydrogens (tertiary/aromatic N) is 1. The highest BCUT2D eigenvalue weighted by atomic mass is 16.2. The van der Waals surface area contributed by atoms with Crippen molar-refractivity contribution in [2.45, 2.75) is 33.1 Å². The third-order valence-electron chi connectivity index (χ3n) is 2.87. The van der Waals surface area contributed by atoms with Crippen LogP contribution in [0.3, 0.4) is 0 Å². The maximum Gasteiger partial charge on any atom is 0.240 e. The molecule has 0 aromatic heterocycles. The SMILES string of the molecule is CCCCN(C(=O)CN)c1ccc(CC)cc1. The van der Waals surface area contributed by atoms with Crippen molar-refractivity contribution in [3.05, 3.63) is 29.8 Å². The highest BCUT2D eigenvalue weighted by Gasteiger charge is 2.12. The topological polar surface area (TPSA) is 46.3 Å². The van der Waals surface area contributed by atoms with Gasteiger partial charge >= 0.3 is 0 Å². The van der Waals surface area contributed by atoms with Crippen molar-refractivity contribution in [1.29, 1.82) is 0 Å². The van der Waals surface area contributed by atoms with Crippen LogP contribution in [0.25, 0.3) is 0 Å². The zero-order valence-corrected chi connectivity index (χ0v) is 10.8. The first-order valence-electron chi connectivity index (χ1n) is 6.32. The van der Waals surface area contributed by atoms with Crippen LogP contribution in [0, 0.1) is 0 Å². The second-order valence-corrected chi connectivity index (χ2v) is 4.12. The van der Waals surface area contributed by atoms with Crippen molar-refractivity contribution in [3.8, 4) is 0 Å². The minimum absolute atomic E-state index is 0.0114. The van der Waals surface area contributed by atoms with E-state index in [-0.39, 0.29) is 12.5 Å². The predicted molar refractivity (Wildman–Crippen MR) is 72.1 cm³/mol. The molecule has 0 aliphatic carbocycles. The monoisotopic (exact) mass is 234 g/mol. The lowest BCUT2D eigenvalue weighted by Crippen LogP contribution is -2.36. The summed E-state index contributed by atoms with van der Waals surface area (Å²) in [6.45, 7) is 5.05. The van der Waals surface area contributed by atoms with Gasteiger partial charge in [0, 0.05) is 12.2 Å². The van der Waals surface area contributed by atoms with Crippen LogP contribution in [-0.4, -0.2) is 19.0 Å². The van der Waals surface area contributed by atoms with E-state index in [2.05, 4.69) is 26.0 Å². The molecule has 1 aromatic carbocycles. The Hall–Kier alpha value is -1.35. The molecule has 0 radical (unpaired) electrons. The number of nitrogens with two attached hydrogens (primary N) is 1. The lowest BCUT2D eigenvalue weighted by Gasteiger charge is -2.22. The molecule has 0 heterocycles. The first-order chi connectivity index (χ1) is 8.22. The van der Waals surface area contributed by atoms with Gasteiger partial charge < -0.3 is 10.6 Å². The Kier molecular flexibility index (Phi) is 5.70. The number of aryl methyl sites for hydroxylation is 1. The summed E-state index contributed by atoms with van der Waals surface area (Å²) in [6, 6.07) is 8.14. The van der Waals surface area contributed by atoms with Gasteiger partial charge in [-0.2, -0.15) is 0 Å². The van der Waals surface area contributed by atoms with Crippen LogP contribution in [0.2, 0.25) is 0 Å². The van der Waals surface area contributed by atoms with Crippen LogP contribution in [0.4, 0.5) is 5.69 Å². The largest absolute Gasteiger partial charge is 0.322 e. The molecule has 0 saturated carbocycles. The second-order valence-electron chi connectivity index (χ2n) is 4.12. The molecule has 0 bridgehead atoms. The van der Waals surface area contributed by atoms with Gasteiger partial charge in [-0.15, -0.1) is 0 Å². The zero-order valence-electron chi connectivity index (χ0n) is 10.8. The Morgan fingerprint density at radius 1 is 1.24 bits per heavy atom. The summed E-state index contributed by atoms with van der Waals surface area (Å²) >= 11 is 0. The number of carbonyl (C=O) groups excluding carboxylic acids is 1. The molecule has 0 atom stereocenters. The number of unbranched alkanes of at least 4 members (excludes halogenated alkanes) is 1. The Morgan fingerprint density at radius 3 is 2.35 bits per heavy atom. The summed E-state index contributed by atoms with van der Waals surface area (Å²) in [5.41, 5.74) is 7.68. The van der Waals surface area contributed by atoms with Crippen molar-refractivity contribution in [2.75, 3.05) is 18.0 Å².